The van der Waals surface area contributed by atoms with E-state index in [2.05, 4.69) is 22.0 Å². The maximum absolute atomic E-state index is 11.3. The Hall–Kier alpha value is -1.03. The van der Waals surface area contributed by atoms with Gasteiger partial charge in [-0.25, -0.2) is 0 Å². The fourth-order valence-electron chi connectivity index (χ4n) is 1.79. The van der Waals surface area contributed by atoms with Crippen molar-refractivity contribution in [2.24, 2.45) is 0 Å². The molecular weight excluding hydrogens is 270 g/mol. The lowest BCUT2D eigenvalue weighted by Gasteiger charge is -2.22. The van der Waals surface area contributed by atoms with Gasteiger partial charge in [-0.1, -0.05) is 6.07 Å². The van der Waals surface area contributed by atoms with Crippen LogP contribution >= 0.6 is 15.9 Å². The van der Waals surface area contributed by atoms with Crippen LogP contribution < -0.4 is 9.64 Å². The normalized spacial score (nSPS) is 10.1. The smallest absolute Gasteiger partial charge is 0.293 e. The van der Waals surface area contributed by atoms with E-state index < -0.39 is 0 Å². The number of hydrogen-bond donors (Lipinski definition) is 0. The van der Waals surface area contributed by atoms with Crippen LogP contribution in [0.15, 0.2) is 6.07 Å². The molecule has 0 aromatic heterocycles. The third-order valence-corrected chi connectivity index (χ3v) is 3.29. The number of carbonyl (C=O) groups excluding carboxylic acids is 1. The molecule has 1 amide bonds. The van der Waals surface area contributed by atoms with E-state index >= 15 is 0 Å². The van der Waals surface area contributed by atoms with Crippen molar-refractivity contribution in [3.63, 3.8) is 0 Å². The number of carbonyl (C=O) groups is 1. The van der Waals surface area contributed by atoms with Crippen LogP contribution in [0, 0.1) is 20.8 Å². The van der Waals surface area contributed by atoms with Crippen LogP contribution in [-0.2, 0) is 0 Å². The molecule has 1 aromatic rings. The van der Waals surface area contributed by atoms with E-state index in [4.69, 9.17) is 4.74 Å². The monoisotopic (exact) mass is 285 g/mol. The van der Waals surface area contributed by atoms with Crippen molar-refractivity contribution in [2.75, 3.05) is 19.1 Å². The Morgan fingerprint density at radius 2 is 1.88 bits per heavy atom. The van der Waals surface area contributed by atoms with Gasteiger partial charge in [0.05, 0.1) is 12.8 Å². The van der Waals surface area contributed by atoms with Crippen LogP contribution in [0.4, 0.5) is 10.5 Å². The molecule has 0 atom stereocenters. The molecule has 0 fully saturated rings. The van der Waals surface area contributed by atoms with Gasteiger partial charge in [0, 0.05) is 23.0 Å². The summed E-state index contributed by atoms with van der Waals surface area (Å²) < 4.78 is 5.39. The molecule has 0 saturated carbocycles. The molecule has 1 rings (SSSR count). The largest absolute Gasteiger partial charge is 0.494 e. The quantitative estimate of drug-likeness (QED) is 0.614. The second kappa shape index (κ2) is 4.87. The molecule has 0 aliphatic carbocycles. The highest BCUT2D eigenvalue weighted by molar-refractivity contribution is 9.18. The summed E-state index contributed by atoms with van der Waals surface area (Å²) in [6, 6.07) is 2.06. The number of nitrogens with zero attached hydrogens (tertiary/aromatic N) is 1. The van der Waals surface area contributed by atoms with Crippen LogP contribution in [0.1, 0.15) is 16.7 Å². The molecule has 0 unspecified atom stereocenters. The van der Waals surface area contributed by atoms with Crippen molar-refractivity contribution in [1.82, 2.24) is 0 Å². The lowest BCUT2D eigenvalue weighted by Crippen LogP contribution is -2.21. The predicted octanol–water partition coefficient (Wildman–Crippen LogP) is 3.57. The molecule has 0 saturated heterocycles. The van der Waals surface area contributed by atoms with Crippen molar-refractivity contribution >= 4 is 26.4 Å². The number of anilines is 1. The second-order valence-corrected chi connectivity index (χ2v) is 4.51. The Bertz CT molecular complexity index is 430. The minimum atomic E-state index is -0.183. The molecule has 0 bridgehead atoms. The lowest BCUT2D eigenvalue weighted by atomic mass is 10.0. The van der Waals surface area contributed by atoms with Gasteiger partial charge in [-0.05, 0) is 37.5 Å². The summed E-state index contributed by atoms with van der Waals surface area (Å²) >= 11 is 2.95. The van der Waals surface area contributed by atoms with Crippen molar-refractivity contribution < 1.29 is 9.53 Å². The number of amides is 1. The van der Waals surface area contributed by atoms with Crippen LogP contribution in [0.5, 0.6) is 5.75 Å². The first kappa shape index (κ1) is 13.0. The Balaban J connectivity index is 3.48. The highest BCUT2D eigenvalue weighted by Gasteiger charge is 2.18. The van der Waals surface area contributed by atoms with Crippen LogP contribution in [0.25, 0.3) is 0 Å². The Morgan fingerprint density at radius 1 is 1.31 bits per heavy atom. The van der Waals surface area contributed by atoms with Gasteiger partial charge in [-0.15, -0.1) is 0 Å². The molecular formula is C12H16BrNO2. The topological polar surface area (TPSA) is 29.5 Å². The van der Waals surface area contributed by atoms with E-state index in [-0.39, 0.29) is 4.82 Å². The van der Waals surface area contributed by atoms with E-state index in [9.17, 15) is 4.79 Å². The van der Waals surface area contributed by atoms with Crippen molar-refractivity contribution in [3.05, 3.63) is 22.8 Å². The third-order valence-electron chi connectivity index (χ3n) is 2.76. The van der Waals surface area contributed by atoms with E-state index in [1.165, 1.54) is 0 Å². The van der Waals surface area contributed by atoms with Crippen molar-refractivity contribution in [3.8, 4) is 5.75 Å². The first-order chi connectivity index (χ1) is 7.40. The number of rotatable bonds is 2. The average Bonchev–Trinajstić information content (AvgIpc) is 2.21. The first-order valence-corrected chi connectivity index (χ1v) is 5.77. The standard InChI is InChI=1S/C12H16BrNO2/c1-7-6-8(2)10(14(4)12(13)15)11(16-5)9(7)3/h6H,1-5H3. The minimum absolute atomic E-state index is 0.183. The SMILES string of the molecule is COc1c(C)c(C)cc(C)c1N(C)C(=O)Br. The van der Waals surface area contributed by atoms with Gasteiger partial charge in [0.25, 0.3) is 4.82 Å². The zero-order chi connectivity index (χ0) is 12.5. The summed E-state index contributed by atoms with van der Waals surface area (Å²) in [5, 5.41) is 0. The zero-order valence-corrected chi connectivity index (χ0v) is 11.8. The van der Waals surface area contributed by atoms with E-state index in [0.29, 0.717) is 0 Å². The molecule has 0 spiro atoms. The molecule has 0 N–H and O–H groups in total. The van der Waals surface area contributed by atoms with Gasteiger partial charge in [0.1, 0.15) is 5.75 Å². The molecule has 4 heteroatoms. The van der Waals surface area contributed by atoms with Gasteiger partial charge in [-0.3, -0.25) is 4.79 Å². The molecule has 0 radical (unpaired) electrons. The number of halogens is 1. The van der Waals surface area contributed by atoms with Gasteiger partial charge >= 0.3 is 0 Å². The Morgan fingerprint density at radius 3 is 2.31 bits per heavy atom. The Labute approximate surface area is 105 Å². The molecule has 0 heterocycles. The van der Waals surface area contributed by atoms with Crippen molar-refractivity contribution in [1.29, 1.82) is 0 Å². The third kappa shape index (κ3) is 2.21. The van der Waals surface area contributed by atoms with Gasteiger partial charge < -0.3 is 9.64 Å². The maximum atomic E-state index is 11.3. The first-order valence-electron chi connectivity index (χ1n) is 4.98. The Kier molecular flexibility index (Phi) is 3.97. The number of benzene rings is 1. The fraction of sp³-hybridized carbons (Fsp3) is 0.417. The van der Waals surface area contributed by atoms with Crippen LogP contribution in [0.2, 0.25) is 0 Å². The summed E-state index contributed by atoms with van der Waals surface area (Å²) in [4.78, 5) is 12.7. The van der Waals surface area contributed by atoms with Crippen LogP contribution in [-0.4, -0.2) is 19.0 Å². The maximum Gasteiger partial charge on any atom is 0.293 e. The number of ether oxygens (including phenoxy) is 1. The number of hydrogen-bond acceptors (Lipinski definition) is 2. The highest BCUT2D eigenvalue weighted by Crippen LogP contribution is 2.37. The summed E-state index contributed by atoms with van der Waals surface area (Å²) in [6.07, 6.45) is 0. The zero-order valence-electron chi connectivity index (χ0n) is 10.2. The van der Waals surface area contributed by atoms with Gasteiger partial charge in [-0.2, -0.15) is 0 Å². The summed E-state index contributed by atoms with van der Waals surface area (Å²) in [7, 11) is 3.34. The highest BCUT2D eigenvalue weighted by atomic mass is 79.9. The summed E-state index contributed by atoms with van der Waals surface area (Å²) in [5.74, 6) is 0.757. The van der Waals surface area contributed by atoms with Gasteiger partial charge in [0.2, 0.25) is 0 Å². The van der Waals surface area contributed by atoms with Crippen LogP contribution in [0.3, 0.4) is 0 Å². The number of aryl methyl sites for hydroxylation is 2. The average molecular weight is 286 g/mol. The number of methoxy groups -OCH3 is 1. The van der Waals surface area contributed by atoms with E-state index in [1.807, 2.05) is 20.8 Å². The lowest BCUT2D eigenvalue weighted by molar-refractivity contribution is 0.266. The van der Waals surface area contributed by atoms with E-state index in [1.54, 1.807) is 19.1 Å². The van der Waals surface area contributed by atoms with Gasteiger partial charge in [0.15, 0.2) is 0 Å². The minimum Gasteiger partial charge on any atom is -0.494 e. The molecule has 1 aromatic carbocycles. The molecule has 0 aliphatic rings. The second-order valence-electron chi connectivity index (χ2n) is 3.83. The van der Waals surface area contributed by atoms with Crippen molar-refractivity contribution in [2.45, 2.75) is 20.8 Å². The summed E-state index contributed by atoms with van der Waals surface area (Å²) in [6.45, 7) is 5.99. The molecule has 16 heavy (non-hydrogen) atoms. The molecule has 88 valence electrons. The molecule has 3 nitrogen and oxygen atoms in total. The molecule has 0 aliphatic heterocycles. The predicted molar refractivity (Wildman–Crippen MR) is 69.9 cm³/mol. The van der Waals surface area contributed by atoms with E-state index in [0.717, 1.165) is 28.1 Å². The fourth-order valence-corrected chi connectivity index (χ4v) is 1.97. The summed E-state index contributed by atoms with van der Waals surface area (Å²) in [5.41, 5.74) is 4.06.